The smallest absolute Gasteiger partial charge is 0.0623 e. The molecule has 0 bridgehead atoms. The van der Waals surface area contributed by atoms with E-state index in [1.165, 1.54) is 0 Å². The van der Waals surface area contributed by atoms with Crippen LogP contribution >= 0.6 is 0 Å². The Hall–Kier alpha value is -0.940. The monoisotopic (exact) mass is 146 g/mol. The zero-order valence-electron chi connectivity index (χ0n) is 6.29. The second-order valence-corrected chi connectivity index (χ2v) is 1.15. The van der Waals surface area contributed by atoms with Crippen LogP contribution < -0.4 is 24.6 Å². The topological polar surface area (TPSA) is 140 Å². The van der Waals surface area contributed by atoms with E-state index in [0.717, 1.165) is 0 Å². The van der Waals surface area contributed by atoms with Gasteiger partial charge in [-0.15, -0.1) is 0 Å². The lowest BCUT2D eigenvalue weighted by atomic mass is 10.4. The first-order valence-electron chi connectivity index (χ1n) is 2.00. The van der Waals surface area contributed by atoms with Crippen LogP contribution in [0.25, 0.3) is 0 Å². The molecule has 0 saturated carbocycles. The van der Waals surface area contributed by atoms with Crippen LogP contribution in [-0.4, -0.2) is 0 Å². The Morgan fingerprint density at radius 2 is 0.400 bits per heavy atom. The molecule has 4 nitrogen and oxygen atoms in total. The van der Waals surface area contributed by atoms with Crippen molar-refractivity contribution in [1.29, 1.82) is 0 Å². The van der Waals surface area contributed by atoms with E-state index in [-0.39, 0.29) is 24.6 Å². The quantitative estimate of drug-likeness (QED) is 0.445. The minimum atomic E-state index is 0. The molecule has 0 aliphatic rings. The summed E-state index contributed by atoms with van der Waals surface area (Å²) in [6.45, 7) is 0. The van der Waals surface area contributed by atoms with Crippen molar-refractivity contribution in [3.8, 4) is 0 Å². The van der Waals surface area contributed by atoms with E-state index in [1.807, 2.05) is 36.4 Å². The van der Waals surface area contributed by atoms with Gasteiger partial charge in [0.2, 0.25) is 0 Å². The molecule has 1 rings (SSSR count). The summed E-state index contributed by atoms with van der Waals surface area (Å²) in [5, 5.41) is 0. The third-order valence-corrected chi connectivity index (χ3v) is 0.667. The highest BCUT2D eigenvalue weighted by atomic mass is 14.0. The Kier molecular flexibility index (Phi) is 36.1. The maximum atomic E-state index is 2.00. The lowest BCUT2D eigenvalue weighted by Gasteiger charge is -1.69. The number of hydrogen-bond donors (Lipinski definition) is 4. The average molecular weight is 146 g/mol. The van der Waals surface area contributed by atoms with Gasteiger partial charge in [-0.1, -0.05) is 36.4 Å². The molecule has 62 valence electrons. The number of hydrogen-bond acceptors (Lipinski definition) is 4. The van der Waals surface area contributed by atoms with Crippen LogP contribution in [0.1, 0.15) is 0 Å². The van der Waals surface area contributed by atoms with Gasteiger partial charge in [0.15, 0.2) is 0 Å². The molecule has 0 atom stereocenters. The molecule has 0 amide bonds. The maximum absolute atomic E-state index is 2.00. The molecule has 1 aromatic carbocycles. The van der Waals surface area contributed by atoms with Crippen molar-refractivity contribution in [3.63, 3.8) is 0 Å². The summed E-state index contributed by atoms with van der Waals surface area (Å²) in [5.41, 5.74) is 0. The molecule has 0 fully saturated rings. The van der Waals surface area contributed by atoms with Gasteiger partial charge < -0.3 is 24.6 Å². The van der Waals surface area contributed by atoms with Crippen molar-refractivity contribution in [2.75, 3.05) is 0 Å². The molecule has 0 aliphatic heterocycles. The van der Waals surface area contributed by atoms with E-state index in [0.29, 0.717) is 0 Å². The van der Waals surface area contributed by atoms with Gasteiger partial charge in [-0.2, -0.15) is 0 Å². The van der Waals surface area contributed by atoms with Crippen LogP contribution in [0.2, 0.25) is 0 Å². The summed E-state index contributed by atoms with van der Waals surface area (Å²) >= 11 is 0. The van der Waals surface area contributed by atoms with Crippen LogP contribution in [0.5, 0.6) is 0 Å². The fraction of sp³-hybridized carbons (Fsp3) is 0. The van der Waals surface area contributed by atoms with E-state index in [2.05, 4.69) is 0 Å². The largest absolute Gasteiger partial charge is 0.344 e. The molecule has 0 aliphatic carbocycles. The highest BCUT2D eigenvalue weighted by Crippen LogP contribution is 1.79. The molecule has 0 radical (unpaired) electrons. The van der Waals surface area contributed by atoms with Crippen molar-refractivity contribution >= 4 is 0 Å². The average Bonchev–Trinajstić information content (AvgIpc) is 1.72. The van der Waals surface area contributed by atoms with Crippen molar-refractivity contribution in [2.45, 2.75) is 0 Å². The fourth-order valence-corrected chi connectivity index (χ4v) is 0.385. The van der Waals surface area contributed by atoms with Gasteiger partial charge in [-0.3, -0.25) is 0 Å². The van der Waals surface area contributed by atoms with E-state index in [4.69, 9.17) is 0 Å². The third-order valence-electron chi connectivity index (χ3n) is 0.667. The first-order valence-corrected chi connectivity index (χ1v) is 2.00. The SMILES string of the molecule is N.N.N.N.c1ccccc1. The van der Waals surface area contributed by atoms with E-state index >= 15 is 0 Å². The van der Waals surface area contributed by atoms with E-state index in [1.54, 1.807) is 0 Å². The second kappa shape index (κ2) is 15.7. The van der Waals surface area contributed by atoms with Gasteiger partial charge in [0.1, 0.15) is 0 Å². The predicted molar refractivity (Wildman–Crippen MR) is 46.5 cm³/mol. The Morgan fingerprint density at radius 3 is 0.500 bits per heavy atom. The first kappa shape index (κ1) is 23.0. The zero-order chi connectivity index (χ0) is 4.24. The van der Waals surface area contributed by atoms with Crippen molar-refractivity contribution in [1.82, 2.24) is 24.6 Å². The molecule has 1 aromatic rings. The van der Waals surface area contributed by atoms with E-state index in [9.17, 15) is 0 Å². The van der Waals surface area contributed by atoms with Crippen molar-refractivity contribution in [2.24, 2.45) is 0 Å². The van der Waals surface area contributed by atoms with Crippen LogP contribution in [0.3, 0.4) is 0 Å². The summed E-state index contributed by atoms with van der Waals surface area (Å²) in [5.74, 6) is 0. The van der Waals surface area contributed by atoms with Gasteiger partial charge in [0, 0.05) is 0 Å². The molecule has 0 saturated heterocycles. The van der Waals surface area contributed by atoms with Gasteiger partial charge in [0.25, 0.3) is 0 Å². The van der Waals surface area contributed by atoms with Crippen LogP contribution in [0, 0.1) is 0 Å². The summed E-state index contributed by atoms with van der Waals surface area (Å²) in [4.78, 5) is 0. The first-order chi connectivity index (χ1) is 3.00. The number of rotatable bonds is 0. The minimum Gasteiger partial charge on any atom is -0.344 e. The van der Waals surface area contributed by atoms with Gasteiger partial charge in [0.05, 0.1) is 0 Å². The highest BCUT2D eigenvalue weighted by molar-refractivity contribution is 4.99. The molecular weight excluding hydrogens is 128 g/mol. The lowest BCUT2D eigenvalue weighted by molar-refractivity contribution is 1.72. The Bertz CT molecular complexity index is 81.7. The fourth-order valence-electron chi connectivity index (χ4n) is 0.385. The number of benzene rings is 1. The molecule has 10 heavy (non-hydrogen) atoms. The van der Waals surface area contributed by atoms with Crippen LogP contribution in [0.15, 0.2) is 36.4 Å². The Morgan fingerprint density at radius 1 is 0.300 bits per heavy atom. The standard InChI is InChI=1S/C6H6.4H3N/c1-2-4-6-5-3-1;;;;/h1-6H;4*1H3. The zero-order valence-corrected chi connectivity index (χ0v) is 6.29. The van der Waals surface area contributed by atoms with Crippen LogP contribution in [-0.2, 0) is 0 Å². The van der Waals surface area contributed by atoms with Gasteiger partial charge >= 0.3 is 0 Å². The van der Waals surface area contributed by atoms with Crippen molar-refractivity contribution < 1.29 is 0 Å². The normalized spacial score (nSPS) is 4.80. The Labute approximate surface area is 62.0 Å². The van der Waals surface area contributed by atoms with Gasteiger partial charge in [-0.25, -0.2) is 0 Å². The third kappa shape index (κ3) is 10.1. The van der Waals surface area contributed by atoms with E-state index < -0.39 is 0 Å². The molecule has 0 spiro atoms. The molecule has 12 N–H and O–H groups in total. The Balaban J connectivity index is -0.0000000450. The summed E-state index contributed by atoms with van der Waals surface area (Å²) in [7, 11) is 0. The summed E-state index contributed by atoms with van der Waals surface area (Å²) < 4.78 is 0. The summed E-state index contributed by atoms with van der Waals surface area (Å²) in [6, 6.07) is 12.0. The second-order valence-electron chi connectivity index (χ2n) is 1.15. The summed E-state index contributed by atoms with van der Waals surface area (Å²) in [6.07, 6.45) is 0. The molecule has 0 unspecified atom stereocenters. The van der Waals surface area contributed by atoms with Gasteiger partial charge in [-0.05, 0) is 0 Å². The molecule has 0 heterocycles. The minimum absolute atomic E-state index is 0. The molecule has 0 aromatic heterocycles. The molecule has 4 heteroatoms. The van der Waals surface area contributed by atoms with Crippen LogP contribution in [0.4, 0.5) is 0 Å². The molecular formula is C6H18N4. The lowest BCUT2D eigenvalue weighted by Crippen LogP contribution is -1.47. The van der Waals surface area contributed by atoms with Crippen molar-refractivity contribution in [3.05, 3.63) is 36.4 Å². The predicted octanol–water partition coefficient (Wildman–Crippen LogP) is 2.33. The highest BCUT2D eigenvalue weighted by Gasteiger charge is 1.57. The maximum Gasteiger partial charge on any atom is -0.0623 e.